The highest BCUT2D eigenvalue weighted by Gasteiger charge is 2.31. The van der Waals surface area contributed by atoms with Gasteiger partial charge in [0.1, 0.15) is 22.3 Å². The molecule has 0 bridgehead atoms. The Bertz CT molecular complexity index is 948. The molecule has 3 rings (SSSR count). The monoisotopic (exact) mass is 346 g/mol. The van der Waals surface area contributed by atoms with E-state index in [0.717, 1.165) is 0 Å². The number of rotatable bonds is 3. The smallest absolute Gasteiger partial charge is 0.285 e. The molecule has 124 valence electrons. The summed E-state index contributed by atoms with van der Waals surface area (Å²) in [6.45, 7) is 1.64. The van der Waals surface area contributed by atoms with E-state index in [-0.39, 0.29) is 16.4 Å². The van der Waals surface area contributed by atoms with Crippen molar-refractivity contribution in [2.45, 2.75) is 6.92 Å². The van der Waals surface area contributed by atoms with Crippen molar-refractivity contribution < 1.29 is 17.5 Å². The summed E-state index contributed by atoms with van der Waals surface area (Å²) in [5.74, 6) is 0.257. The molecule has 0 aliphatic carbocycles. The molecule has 2 aromatic carbocycles. The van der Waals surface area contributed by atoms with Crippen LogP contribution in [0.25, 0.3) is 4.91 Å². The highest BCUT2D eigenvalue weighted by Crippen LogP contribution is 2.33. The molecular weight excluding hydrogens is 331 g/mol. The van der Waals surface area contributed by atoms with Crippen molar-refractivity contribution in [3.8, 4) is 5.75 Å². The molecule has 0 spiro atoms. The third-order valence-corrected chi connectivity index (χ3v) is 5.13. The van der Waals surface area contributed by atoms with E-state index in [2.05, 4.69) is 9.71 Å². The van der Waals surface area contributed by atoms with Gasteiger partial charge < -0.3 is 10.1 Å². The van der Waals surface area contributed by atoms with Crippen molar-refractivity contribution in [2.75, 3.05) is 12.4 Å². The van der Waals surface area contributed by atoms with Crippen molar-refractivity contribution in [3.63, 3.8) is 0 Å². The van der Waals surface area contributed by atoms with E-state index < -0.39 is 15.8 Å². The summed E-state index contributed by atoms with van der Waals surface area (Å²) in [5, 5.41) is 2.75. The minimum absolute atomic E-state index is 0.101. The Morgan fingerprint density at radius 3 is 2.38 bits per heavy atom. The highest BCUT2D eigenvalue weighted by atomic mass is 32.2. The molecule has 1 aliphatic heterocycles. The summed E-state index contributed by atoms with van der Waals surface area (Å²) < 4.78 is 47.4. The van der Waals surface area contributed by atoms with E-state index in [9.17, 15) is 12.8 Å². The molecule has 1 heterocycles. The molecule has 0 atom stereocenters. The Labute approximate surface area is 139 Å². The van der Waals surface area contributed by atoms with Gasteiger partial charge in [-0.3, -0.25) is 0 Å². The first kappa shape index (κ1) is 16.2. The maximum atomic E-state index is 13.8. The van der Waals surface area contributed by atoms with E-state index >= 15 is 0 Å². The molecule has 24 heavy (non-hydrogen) atoms. The van der Waals surface area contributed by atoms with Crippen LogP contribution in [0.5, 0.6) is 5.75 Å². The number of sulfonamides is 1. The summed E-state index contributed by atoms with van der Waals surface area (Å²) in [6, 6.07) is 12.7. The molecule has 5 nitrogen and oxygen atoms in total. The predicted molar refractivity (Wildman–Crippen MR) is 92.0 cm³/mol. The third kappa shape index (κ3) is 2.90. The third-order valence-electron chi connectivity index (χ3n) is 3.64. The van der Waals surface area contributed by atoms with E-state index in [1.165, 1.54) is 19.2 Å². The second-order valence-corrected chi connectivity index (χ2v) is 6.74. The molecule has 0 amide bonds. The number of hydrogen-bond acceptors (Lipinski definition) is 4. The van der Waals surface area contributed by atoms with Crippen LogP contribution in [0.15, 0.2) is 58.5 Å². The topological polar surface area (TPSA) is 67.8 Å². The van der Waals surface area contributed by atoms with E-state index in [4.69, 9.17) is 4.74 Å². The normalized spacial score (nSPS) is 16.0. The molecule has 1 aliphatic rings. The number of para-hydroxylation sites is 1. The predicted octanol–water partition coefficient (Wildman–Crippen LogP) is 3.42. The van der Waals surface area contributed by atoms with Gasteiger partial charge in [-0.05, 0) is 48.9 Å². The van der Waals surface area contributed by atoms with Gasteiger partial charge in [0, 0.05) is 5.57 Å². The number of anilines is 1. The summed E-state index contributed by atoms with van der Waals surface area (Å²) in [6.07, 6.45) is 0. The van der Waals surface area contributed by atoms with Gasteiger partial charge in [0.2, 0.25) is 0 Å². The number of halogens is 1. The van der Waals surface area contributed by atoms with Crippen LogP contribution >= 0.6 is 0 Å². The zero-order chi connectivity index (χ0) is 17.3. The van der Waals surface area contributed by atoms with Crippen LogP contribution in [0, 0.1) is 5.82 Å². The largest absolute Gasteiger partial charge is 0.497 e. The Hall–Kier alpha value is -2.67. The number of nitrogens with zero attached hydrogens (tertiary/aromatic N) is 1. The van der Waals surface area contributed by atoms with E-state index in [1.54, 1.807) is 43.3 Å². The standard InChI is InChI=1S/C17H15FN2O3S/c1-11-16(12-7-9-13(23-2)10-8-12)24(21,22)20-17(11)19-15-6-4-3-5-14(15)18/h3-10H,1-2H3,(H,19,20). The second-order valence-electron chi connectivity index (χ2n) is 5.20. The van der Waals surface area contributed by atoms with Gasteiger partial charge in [0.15, 0.2) is 0 Å². The summed E-state index contributed by atoms with van der Waals surface area (Å²) in [7, 11) is -2.32. The molecule has 1 N–H and O–H groups in total. The Morgan fingerprint density at radius 2 is 1.75 bits per heavy atom. The molecule has 2 aromatic rings. The lowest BCUT2D eigenvalue weighted by Gasteiger charge is -2.08. The van der Waals surface area contributed by atoms with Crippen molar-refractivity contribution in [1.29, 1.82) is 0 Å². The molecule has 0 radical (unpaired) electrons. The molecular formula is C17H15FN2O3S. The SMILES string of the molecule is COc1ccc(C2=C(C)C(Nc3ccccc3F)=NS2(=O)=O)cc1. The quantitative estimate of drug-likeness (QED) is 0.925. The number of amidine groups is 1. The lowest BCUT2D eigenvalue weighted by molar-refractivity contribution is 0.415. The van der Waals surface area contributed by atoms with Gasteiger partial charge in [-0.1, -0.05) is 12.1 Å². The Kier molecular flexibility index (Phi) is 4.11. The number of benzene rings is 2. The zero-order valence-corrected chi connectivity index (χ0v) is 13.9. The van der Waals surface area contributed by atoms with Crippen LogP contribution in [0.4, 0.5) is 10.1 Å². The maximum Gasteiger partial charge on any atom is 0.285 e. The van der Waals surface area contributed by atoms with Crippen molar-refractivity contribution in [3.05, 3.63) is 65.5 Å². The number of methoxy groups -OCH3 is 1. The average Bonchev–Trinajstić information content (AvgIpc) is 2.78. The molecule has 0 saturated heterocycles. The van der Waals surface area contributed by atoms with Crippen LogP contribution in [-0.4, -0.2) is 21.4 Å². The van der Waals surface area contributed by atoms with Crippen LogP contribution in [0.2, 0.25) is 0 Å². The fourth-order valence-corrected chi connectivity index (χ4v) is 3.88. The Morgan fingerprint density at radius 1 is 1.08 bits per heavy atom. The Balaban J connectivity index is 2.01. The van der Waals surface area contributed by atoms with Crippen LogP contribution in [-0.2, 0) is 10.0 Å². The van der Waals surface area contributed by atoms with Gasteiger partial charge in [0.25, 0.3) is 10.0 Å². The lowest BCUT2D eigenvalue weighted by Crippen LogP contribution is -2.12. The minimum atomic E-state index is -3.85. The van der Waals surface area contributed by atoms with E-state index in [1.807, 2.05) is 0 Å². The number of ether oxygens (including phenoxy) is 1. The highest BCUT2D eigenvalue weighted by molar-refractivity contribution is 8.00. The van der Waals surface area contributed by atoms with E-state index in [0.29, 0.717) is 16.9 Å². The van der Waals surface area contributed by atoms with Gasteiger partial charge >= 0.3 is 0 Å². The summed E-state index contributed by atoms with van der Waals surface area (Å²) >= 11 is 0. The summed E-state index contributed by atoms with van der Waals surface area (Å²) in [5.41, 5.74) is 1.10. The van der Waals surface area contributed by atoms with Gasteiger partial charge in [-0.2, -0.15) is 8.42 Å². The van der Waals surface area contributed by atoms with Crippen LogP contribution in [0.1, 0.15) is 12.5 Å². The van der Waals surface area contributed by atoms with Crippen molar-refractivity contribution >= 4 is 26.5 Å². The van der Waals surface area contributed by atoms with Gasteiger partial charge in [-0.15, -0.1) is 4.40 Å². The average molecular weight is 346 g/mol. The first-order chi connectivity index (χ1) is 11.4. The number of nitrogens with one attached hydrogen (secondary N) is 1. The molecule has 0 aromatic heterocycles. The van der Waals surface area contributed by atoms with Crippen LogP contribution < -0.4 is 10.1 Å². The maximum absolute atomic E-state index is 13.8. The first-order valence-electron chi connectivity index (χ1n) is 7.14. The molecule has 7 heteroatoms. The molecule has 0 saturated carbocycles. The lowest BCUT2D eigenvalue weighted by atomic mass is 10.1. The fraction of sp³-hybridized carbons (Fsp3) is 0.118. The van der Waals surface area contributed by atoms with Gasteiger partial charge in [-0.25, -0.2) is 4.39 Å². The van der Waals surface area contributed by atoms with Crippen molar-refractivity contribution in [1.82, 2.24) is 0 Å². The molecule has 0 unspecified atom stereocenters. The first-order valence-corrected chi connectivity index (χ1v) is 8.58. The van der Waals surface area contributed by atoms with Crippen molar-refractivity contribution in [2.24, 2.45) is 4.40 Å². The summed E-state index contributed by atoms with van der Waals surface area (Å²) in [4.78, 5) is 0.101. The zero-order valence-electron chi connectivity index (χ0n) is 13.1. The van der Waals surface area contributed by atoms with Crippen LogP contribution in [0.3, 0.4) is 0 Å². The van der Waals surface area contributed by atoms with Gasteiger partial charge in [0.05, 0.1) is 12.8 Å². The number of hydrogen-bond donors (Lipinski definition) is 1. The minimum Gasteiger partial charge on any atom is -0.497 e. The fourth-order valence-electron chi connectivity index (χ4n) is 2.45. The second kappa shape index (κ2) is 6.09. The molecule has 0 fully saturated rings.